The average Bonchev–Trinajstić information content (AvgIpc) is 2.71. The molecule has 1 aromatic carbocycles. The van der Waals surface area contributed by atoms with Gasteiger partial charge in [0.1, 0.15) is 16.1 Å². The molecule has 0 amide bonds. The Balaban J connectivity index is 2.36. The van der Waals surface area contributed by atoms with Crippen LogP contribution >= 0.6 is 23.2 Å². The van der Waals surface area contributed by atoms with Gasteiger partial charge in [0.05, 0.1) is 5.56 Å². The molecule has 2 heterocycles. The van der Waals surface area contributed by atoms with Crippen LogP contribution in [0, 0.1) is 6.92 Å². The molecule has 90 valence electrons. The predicted molar refractivity (Wildman–Crippen MR) is 71.0 cm³/mol. The van der Waals surface area contributed by atoms with Gasteiger partial charge in [-0.25, -0.2) is 0 Å². The largest absolute Gasteiger partial charge is 0.255 e. The Morgan fingerprint density at radius 2 is 1.78 bits per heavy atom. The van der Waals surface area contributed by atoms with E-state index in [-0.39, 0.29) is 0 Å². The molecule has 6 heteroatoms. The summed E-state index contributed by atoms with van der Waals surface area (Å²) in [6, 6.07) is 9.60. The van der Waals surface area contributed by atoms with Crippen molar-refractivity contribution < 1.29 is 0 Å². The first kappa shape index (κ1) is 11.4. The first-order valence-electron chi connectivity index (χ1n) is 5.30. The highest BCUT2D eigenvalue weighted by Gasteiger charge is 2.16. The topological polar surface area (TPSA) is 43.1 Å². The molecular formula is C12H8Cl2N4. The highest BCUT2D eigenvalue weighted by atomic mass is 35.5. The molecule has 0 fully saturated rings. The van der Waals surface area contributed by atoms with E-state index in [2.05, 4.69) is 15.1 Å². The number of aromatic nitrogens is 4. The minimum atomic E-state index is 0.325. The lowest BCUT2D eigenvalue weighted by molar-refractivity contribution is 0.919. The summed E-state index contributed by atoms with van der Waals surface area (Å²) < 4.78 is 1.49. The first-order chi connectivity index (χ1) is 8.66. The zero-order chi connectivity index (χ0) is 12.7. The van der Waals surface area contributed by atoms with Crippen LogP contribution in [0.1, 0.15) is 5.82 Å². The summed E-state index contributed by atoms with van der Waals surface area (Å²) in [5, 5.41) is 4.93. The molecule has 0 unspecified atom stereocenters. The molecule has 0 saturated heterocycles. The fraction of sp³-hybridized carbons (Fsp3) is 0.0833. The summed E-state index contributed by atoms with van der Waals surface area (Å²) in [5.74, 6) is 1.01. The first-order valence-corrected chi connectivity index (χ1v) is 6.06. The van der Waals surface area contributed by atoms with Crippen LogP contribution < -0.4 is 0 Å². The third-order valence-corrected chi connectivity index (χ3v) is 3.18. The molecule has 0 aliphatic carbocycles. The molecule has 3 aromatic rings. The highest BCUT2D eigenvalue weighted by molar-refractivity contribution is 6.38. The molecule has 2 aromatic heterocycles. The fourth-order valence-electron chi connectivity index (χ4n) is 1.79. The second kappa shape index (κ2) is 4.23. The maximum Gasteiger partial charge on any atom is 0.255 e. The van der Waals surface area contributed by atoms with E-state index in [0.717, 1.165) is 5.56 Å². The van der Waals surface area contributed by atoms with Crippen molar-refractivity contribution in [3.05, 3.63) is 46.5 Å². The van der Waals surface area contributed by atoms with Gasteiger partial charge in [-0.15, -0.1) is 5.10 Å². The van der Waals surface area contributed by atoms with Crippen molar-refractivity contribution in [3.8, 4) is 11.1 Å². The second-order valence-corrected chi connectivity index (χ2v) is 4.52. The molecule has 0 radical (unpaired) electrons. The van der Waals surface area contributed by atoms with E-state index in [1.807, 2.05) is 30.3 Å². The van der Waals surface area contributed by atoms with Crippen molar-refractivity contribution in [1.82, 2.24) is 19.6 Å². The van der Waals surface area contributed by atoms with E-state index in [1.165, 1.54) is 4.52 Å². The summed E-state index contributed by atoms with van der Waals surface area (Å²) in [5.41, 5.74) is 1.56. The van der Waals surface area contributed by atoms with Crippen molar-refractivity contribution in [1.29, 1.82) is 0 Å². The minimum Gasteiger partial charge on any atom is -0.198 e. The van der Waals surface area contributed by atoms with Gasteiger partial charge in [-0.05, 0) is 12.5 Å². The quantitative estimate of drug-likeness (QED) is 0.641. The third kappa shape index (κ3) is 1.74. The van der Waals surface area contributed by atoms with Gasteiger partial charge in [0.25, 0.3) is 5.78 Å². The molecule has 0 atom stereocenters. The van der Waals surface area contributed by atoms with Crippen LogP contribution in [0.3, 0.4) is 0 Å². The number of halogens is 2. The molecule has 0 aliphatic heterocycles. The van der Waals surface area contributed by atoms with Gasteiger partial charge in [-0.2, -0.15) is 14.5 Å². The molecule has 0 aliphatic rings. The second-order valence-electron chi connectivity index (χ2n) is 3.81. The van der Waals surface area contributed by atoms with Crippen molar-refractivity contribution in [2.75, 3.05) is 0 Å². The van der Waals surface area contributed by atoms with E-state index >= 15 is 0 Å². The van der Waals surface area contributed by atoms with Crippen molar-refractivity contribution >= 4 is 29.0 Å². The van der Waals surface area contributed by atoms with Gasteiger partial charge in [0, 0.05) is 0 Å². The van der Waals surface area contributed by atoms with Gasteiger partial charge < -0.3 is 0 Å². The van der Waals surface area contributed by atoms with Crippen LogP contribution in [0.2, 0.25) is 10.3 Å². The Kier molecular flexibility index (Phi) is 2.69. The maximum atomic E-state index is 6.33. The Labute approximate surface area is 113 Å². The average molecular weight is 279 g/mol. The molecule has 0 bridgehead atoms. The number of fused-ring (bicyclic) bond motifs is 1. The zero-order valence-corrected chi connectivity index (χ0v) is 10.9. The van der Waals surface area contributed by atoms with E-state index in [9.17, 15) is 0 Å². The van der Waals surface area contributed by atoms with E-state index in [0.29, 0.717) is 27.5 Å². The van der Waals surface area contributed by atoms with Crippen LogP contribution in [-0.2, 0) is 0 Å². The molecule has 0 N–H and O–H groups in total. The van der Waals surface area contributed by atoms with E-state index < -0.39 is 0 Å². The molecule has 0 spiro atoms. The number of hydrogen-bond acceptors (Lipinski definition) is 3. The number of nitrogens with zero attached hydrogens (tertiary/aromatic N) is 4. The van der Waals surface area contributed by atoms with Gasteiger partial charge >= 0.3 is 0 Å². The van der Waals surface area contributed by atoms with Gasteiger partial charge in [-0.1, -0.05) is 53.5 Å². The minimum absolute atomic E-state index is 0.325. The van der Waals surface area contributed by atoms with Crippen molar-refractivity contribution in [2.24, 2.45) is 0 Å². The lowest BCUT2D eigenvalue weighted by Gasteiger charge is -2.07. The zero-order valence-electron chi connectivity index (χ0n) is 9.43. The van der Waals surface area contributed by atoms with Crippen LogP contribution in [0.15, 0.2) is 30.3 Å². The monoisotopic (exact) mass is 278 g/mol. The SMILES string of the molecule is Cc1nc2nc(Cl)c(-c3ccccc3)c(Cl)n2n1. The molecule has 0 saturated carbocycles. The summed E-state index contributed by atoms with van der Waals surface area (Å²) in [7, 11) is 0. The molecule has 4 nitrogen and oxygen atoms in total. The van der Waals surface area contributed by atoms with Crippen LogP contribution in [0.5, 0.6) is 0 Å². The van der Waals surface area contributed by atoms with Crippen molar-refractivity contribution in [2.45, 2.75) is 6.92 Å². The Hall–Kier alpha value is -1.65. The third-order valence-electron chi connectivity index (χ3n) is 2.56. The summed E-state index contributed by atoms with van der Waals surface area (Å²) >= 11 is 12.5. The molecule has 18 heavy (non-hydrogen) atoms. The van der Waals surface area contributed by atoms with Crippen molar-refractivity contribution in [3.63, 3.8) is 0 Å². The Morgan fingerprint density at radius 3 is 2.50 bits per heavy atom. The summed E-state index contributed by atoms with van der Waals surface area (Å²) in [6.45, 7) is 1.78. The predicted octanol–water partition coefficient (Wildman–Crippen LogP) is 3.41. The summed E-state index contributed by atoms with van der Waals surface area (Å²) in [6.07, 6.45) is 0. The number of aryl methyl sites for hydroxylation is 1. The molecular weight excluding hydrogens is 271 g/mol. The van der Waals surface area contributed by atoms with Gasteiger partial charge in [-0.3, -0.25) is 0 Å². The lowest BCUT2D eigenvalue weighted by atomic mass is 10.1. The van der Waals surface area contributed by atoms with Gasteiger partial charge in [0.15, 0.2) is 0 Å². The smallest absolute Gasteiger partial charge is 0.198 e. The highest BCUT2D eigenvalue weighted by Crippen LogP contribution is 2.33. The normalized spacial score (nSPS) is 11.1. The van der Waals surface area contributed by atoms with Crippen LogP contribution in [-0.4, -0.2) is 19.6 Å². The molecule has 3 rings (SSSR count). The Bertz CT molecular complexity index is 722. The number of hydrogen-bond donors (Lipinski definition) is 0. The van der Waals surface area contributed by atoms with Gasteiger partial charge in [0.2, 0.25) is 0 Å². The van der Waals surface area contributed by atoms with E-state index in [4.69, 9.17) is 23.2 Å². The summed E-state index contributed by atoms with van der Waals surface area (Å²) in [4.78, 5) is 8.35. The maximum absolute atomic E-state index is 6.33. The fourth-order valence-corrected chi connectivity index (χ4v) is 2.42. The van der Waals surface area contributed by atoms with Crippen LogP contribution in [0.4, 0.5) is 0 Å². The number of rotatable bonds is 1. The Morgan fingerprint density at radius 1 is 1.06 bits per heavy atom. The standard InChI is InChI=1S/C12H8Cl2N4/c1-7-15-12-16-10(13)9(11(14)18(12)17-7)8-5-3-2-4-6-8/h2-6H,1H3. The lowest BCUT2D eigenvalue weighted by Crippen LogP contribution is -1.97. The van der Waals surface area contributed by atoms with E-state index in [1.54, 1.807) is 6.92 Å². The number of benzene rings is 1. The van der Waals surface area contributed by atoms with Crippen LogP contribution in [0.25, 0.3) is 16.9 Å².